The number of thiophene rings is 1. The monoisotopic (exact) mass is 503 g/mol. The smallest absolute Gasteiger partial charge is 0.0464 e. The number of anilines is 2. The molecule has 2 heteroatoms. The van der Waals surface area contributed by atoms with Crippen LogP contribution in [0.3, 0.4) is 0 Å². The average molecular weight is 504 g/mol. The van der Waals surface area contributed by atoms with E-state index < -0.39 is 0 Å². The summed E-state index contributed by atoms with van der Waals surface area (Å²) in [6.45, 7) is 0. The topological polar surface area (TPSA) is 12.0 Å². The standard InChI is InChI=1S/C36H25NS/c1-3-9-25(10-4-1)26-15-19-30(20-16-26)37-34-21-17-28(23-32(34)27-11-5-2-6-12-27)29-18-22-36-33(24-29)31-13-7-8-14-35(31)38-36/h1-24,37H. The molecule has 180 valence electrons. The van der Waals surface area contributed by atoms with Crippen LogP contribution in [-0.2, 0) is 0 Å². The zero-order valence-corrected chi connectivity index (χ0v) is 21.6. The van der Waals surface area contributed by atoms with E-state index in [1.807, 2.05) is 11.3 Å². The summed E-state index contributed by atoms with van der Waals surface area (Å²) in [6.07, 6.45) is 0. The molecule has 7 aromatic rings. The van der Waals surface area contributed by atoms with E-state index in [-0.39, 0.29) is 0 Å². The fraction of sp³-hybridized carbons (Fsp3) is 0. The highest BCUT2D eigenvalue weighted by Crippen LogP contribution is 2.39. The summed E-state index contributed by atoms with van der Waals surface area (Å²) in [7, 11) is 0. The van der Waals surface area contributed by atoms with Gasteiger partial charge < -0.3 is 5.32 Å². The SMILES string of the molecule is c1ccc(-c2ccc(Nc3ccc(-c4ccc5sc6ccccc6c5c4)cc3-c3ccccc3)cc2)cc1. The Bertz CT molecular complexity index is 1870. The molecule has 0 aliphatic carbocycles. The maximum Gasteiger partial charge on any atom is 0.0464 e. The Morgan fingerprint density at radius 3 is 1.76 bits per heavy atom. The molecular formula is C36H25NS. The van der Waals surface area contributed by atoms with Crippen LogP contribution in [0.25, 0.3) is 53.6 Å². The zero-order chi connectivity index (χ0) is 25.3. The largest absolute Gasteiger partial charge is 0.355 e. The van der Waals surface area contributed by atoms with Crippen molar-refractivity contribution in [3.63, 3.8) is 0 Å². The van der Waals surface area contributed by atoms with Crippen LogP contribution < -0.4 is 5.32 Å². The van der Waals surface area contributed by atoms with Crippen LogP contribution in [0, 0.1) is 0 Å². The van der Waals surface area contributed by atoms with Crippen LogP contribution in [0.2, 0.25) is 0 Å². The van der Waals surface area contributed by atoms with Crippen molar-refractivity contribution < 1.29 is 0 Å². The van der Waals surface area contributed by atoms with E-state index in [1.165, 1.54) is 53.6 Å². The van der Waals surface area contributed by atoms with Crippen LogP contribution >= 0.6 is 11.3 Å². The predicted octanol–water partition coefficient (Wildman–Crippen LogP) is 10.8. The lowest BCUT2D eigenvalue weighted by Crippen LogP contribution is -1.94. The molecule has 0 radical (unpaired) electrons. The summed E-state index contributed by atoms with van der Waals surface area (Å²) in [5, 5.41) is 6.33. The van der Waals surface area contributed by atoms with Gasteiger partial charge in [-0.25, -0.2) is 0 Å². The van der Waals surface area contributed by atoms with Gasteiger partial charge in [0.05, 0.1) is 0 Å². The maximum atomic E-state index is 3.68. The lowest BCUT2D eigenvalue weighted by atomic mass is 9.96. The van der Waals surface area contributed by atoms with E-state index in [0.29, 0.717) is 0 Å². The Morgan fingerprint density at radius 2 is 0.974 bits per heavy atom. The van der Waals surface area contributed by atoms with Crippen molar-refractivity contribution in [2.75, 3.05) is 5.32 Å². The van der Waals surface area contributed by atoms with Crippen LogP contribution in [0.1, 0.15) is 0 Å². The number of benzene rings is 6. The Labute approximate surface area is 226 Å². The summed E-state index contributed by atoms with van der Waals surface area (Å²) < 4.78 is 2.66. The number of nitrogens with one attached hydrogen (secondary N) is 1. The summed E-state index contributed by atoms with van der Waals surface area (Å²) in [5.74, 6) is 0. The molecule has 0 saturated heterocycles. The summed E-state index contributed by atoms with van der Waals surface area (Å²) >= 11 is 1.86. The quantitative estimate of drug-likeness (QED) is 0.246. The third-order valence-corrected chi connectivity index (χ3v) is 8.24. The van der Waals surface area contributed by atoms with Gasteiger partial charge in [-0.15, -0.1) is 11.3 Å². The first kappa shape index (κ1) is 22.5. The summed E-state index contributed by atoms with van der Waals surface area (Å²) in [4.78, 5) is 0. The van der Waals surface area contributed by atoms with Crippen LogP contribution in [-0.4, -0.2) is 0 Å². The van der Waals surface area contributed by atoms with E-state index in [4.69, 9.17) is 0 Å². The van der Waals surface area contributed by atoms with Gasteiger partial charge in [0.15, 0.2) is 0 Å². The van der Waals surface area contributed by atoms with Gasteiger partial charge in [0.25, 0.3) is 0 Å². The Morgan fingerprint density at radius 1 is 0.395 bits per heavy atom. The molecule has 1 aromatic heterocycles. The average Bonchev–Trinajstić information content (AvgIpc) is 3.37. The third-order valence-electron chi connectivity index (χ3n) is 7.09. The molecule has 0 bridgehead atoms. The molecule has 0 aliphatic heterocycles. The zero-order valence-electron chi connectivity index (χ0n) is 20.8. The van der Waals surface area contributed by atoms with Gasteiger partial charge in [-0.1, -0.05) is 103 Å². The second-order valence-electron chi connectivity index (χ2n) is 9.50. The van der Waals surface area contributed by atoms with Gasteiger partial charge in [-0.3, -0.25) is 0 Å². The molecule has 0 atom stereocenters. The first-order chi connectivity index (χ1) is 18.8. The van der Waals surface area contributed by atoms with Crippen molar-refractivity contribution in [2.45, 2.75) is 0 Å². The van der Waals surface area contributed by atoms with Gasteiger partial charge in [0, 0.05) is 37.1 Å². The van der Waals surface area contributed by atoms with Gasteiger partial charge in [0.1, 0.15) is 0 Å². The van der Waals surface area contributed by atoms with Crippen molar-refractivity contribution in [2.24, 2.45) is 0 Å². The van der Waals surface area contributed by atoms with Gasteiger partial charge in [0.2, 0.25) is 0 Å². The van der Waals surface area contributed by atoms with Crippen LogP contribution in [0.15, 0.2) is 146 Å². The molecule has 0 unspecified atom stereocenters. The van der Waals surface area contributed by atoms with Crippen molar-refractivity contribution in [3.8, 4) is 33.4 Å². The minimum absolute atomic E-state index is 1.07. The first-order valence-electron chi connectivity index (χ1n) is 12.9. The van der Waals surface area contributed by atoms with Crippen LogP contribution in [0.5, 0.6) is 0 Å². The van der Waals surface area contributed by atoms with E-state index >= 15 is 0 Å². The molecule has 1 nitrogen and oxygen atoms in total. The molecule has 1 N–H and O–H groups in total. The van der Waals surface area contributed by atoms with E-state index in [1.54, 1.807) is 0 Å². The number of rotatable bonds is 5. The fourth-order valence-corrected chi connectivity index (χ4v) is 6.21. The van der Waals surface area contributed by atoms with Crippen molar-refractivity contribution in [3.05, 3.63) is 146 Å². The molecule has 6 aromatic carbocycles. The molecule has 38 heavy (non-hydrogen) atoms. The van der Waals surface area contributed by atoms with Crippen molar-refractivity contribution in [1.82, 2.24) is 0 Å². The highest BCUT2D eigenvalue weighted by molar-refractivity contribution is 7.25. The normalized spacial score (nSPS) is 11.2. The lowest BCUT2D eigenvalue weighted by molar-refractivity contribution is 1.52. The highest BCUT2D eigenvalue weighted by atomic mass is 32.1. The van der Waals surface area contributed by atoms with E-state index in [2.05, 4.69) is 151 Å². The molecule has 0 aliphatic rings. The highest BCUT2D eigenvalue weighted by Gasteiger charge is 2.11. The van der Waals surface area contributed by atoms with Gasteiger partial charge in [-0.2, -0.15) is 0 Å². The maximum absolute atomic E-state index is 3.68. The fourth-order valence-electron chi connectivity index (χ4n) is 5.13. The minimum atomic E-state index is 1.07. The van der Waals surface area contributed by atoms with Gasteiger partial charge in [-0.05, 0) is 70.3 Å². The van der Waals surface area contributed by atoms with Gasteiger partial charge >= 0.3 is 0 Å². The third kappa shape index (κ3) is 4.26. The molecule has 7 rings (SSSR count). The number of fused-ring (bicyclic) bond motifs is 3. The molecule has 0 fully saturated rings. The Hall–Kier alpha value is -4.66. The van der Waals surface area contributed by atoms with E-state index in [9.17, 15) is 0 Å². The molecule has 0 spiro atoms. The Kier molecular flexibility index (Phi) is 5.73. The van der Waals surface area contributed by atoms with Crippen molar-refractivity contribution >= 4 is 42.9 Å². The molecule has 0 amide bonds. The molecule has 1 heterocycles. The molecular weight excluding hydrogens is 478 g/mol. The Balaban J connectivity index is 1.28. The summed E-state index contributed by atoms with van der Waals surface area (Å²) in [6, 6.07) is 52.0. The lowest BCUT2D eigenvalue weighted by Gasteiger charge is -2.15. The molecule has 0 saturated carbocycles. The summed E-state index contributed by atoms with van der Waals surface area (Å²) in [5.41, 5.74) is 9.43. The second kappa shape index (κ2) is 9.66. The van der Waals surface area contributed by atoms with E-state index in [0.717, 1.165) is 11.4 Å². The first-order valence-corrected chi connectivity index (χ1v) is 13.7. The minimum Gasteiger partial charge on any atom is -0.355 e. The van der Waals surface area contributed by atoms with Crippen LogP contribution in [0.4, 0.5) is 11.4 Å². The second-order valence-corrected chi connectivity index (χ2v) is 10.6. The number of hydrogen-bond acceptors (Lipinski definition) is 2. The van der Waals surface area contributed by atoms with Crippen molar-refractivity contribution in [1.29, 1.82) is 0 Å². The number of hydrogen-bond donors (Lipinski definition) is 1. The predicted molar refractivity (Wildman–Crippen MR) is 165 cm³/mol.